The molecule has 1 atom stereocenters. The van der Waals surface area contributed by atoms with E-state index in [1.165, 1.54) is 34.7 Å². The Hall–Kier alpha value is -3.42. The van der Waals surface area contributed by atoms with Crippen molar-refractivity contribution in [3.05, 3.63) is 89.0 Å². The van der Waals surface area contributed by atoms with Crippen molar-refractivity contribution in [1.29, 1.82) is 0 Å². The number of amides is 2. The van der Waals surface area contributed by atoms with E-state index in [1.807, 2.05) is 69.3 Å². The first kappa shape index (κ1) is 24.7. The van der Waals surface area contributed by atoms with Gasteiger partial charge in [-0.3, -0.25) is 9.59 Å². The molecule has 0 saturated carbocycles. The van der Waals surface area contributed by atoms with Crippen LogP contribution < -0.4 is 10.6 Å². The Bertz CT molecular complexity index is 1390. The van der Waals surface area contributed by atoms with Crippen LogP contribution in [0.1, 0.15) is 29.2 Å². The van der Waals surface area contributed by atoms with E-state index < -0.39 is 0 Å². The molecule has 3 aromatic carbocycles. The SMILES string of the molecule is Cc1cc(C)c(NC(=O)C(C)Sc2nc3ccc(NC(=O)C=Cc4ccccc4)cc3s2)c(C)c1. The lowest BCUT2D eigenvalue weighted by molar-refractivity contribution is -0.115. The molecular formula is C28H27N3O2S2. The molecule has 0 aliphatic rings. The van der Waals surface area contributed by atoms with Crippen molar-refractivity contribution < 1.29 is 9.59 Å². The molecule has 2 amide bonds. The van der Waals surface area contributed by atoms with E-state index in [0.29, 0.717) is 5.69 Å². The number of anilines is 2. The molecule has 0 fully saturated rings. The van der Waals surface area contributed by atoms with Crippen LogP contribution >= 0.6 is 23.1 Å². The number of fused-ring (bicyclic) bond motifs is 1. The molecule has 7 heteroatoms. The van der Waals surface area contributed by atoms with Gasteiger partial charge in [-0.25, -0.2) is 4.98 Å². The van der Waals surface area contributed by atoms with Crippen molar-refractivity contribution in [1.82, 2.24) is 4.98 Å². The van der Waals surface area contributed by atoms with Gasteiger partial charge in [0.15, 0.2) is 4.34 Å². The number of nitrogens with zero attached hydrogens (tertiary/aromatic N) is 1. The van der Waals surface area contributed by atoms with Crippen LogP contribution in [0.25, 0.3) is 16.3 Å². The van der Waals surface area contributed by atoms with Crippen molar-refractivity contribution in [2.75, 3.05) is 10.6 Å². The van der Waals surface area contributed by atoms with E-state index in [1.54, 1.807) is 6.08 Å². The molecule has 0 saturated heterocycles. The van der Waals surface area contributed by atoms with Crippen LogP contribution in [0.15, 0.2) is 71.1 Å². The lowest BCUT2D eigenvalue weighted by atomic mass is 10.1. The summed E-state index contributed by atoms with van der Waals surface area (Å²) in [5, 5.41) is 5.67. The third-order valence-electron chi connectivity index (χ3n) is 5.44. The maximum atomic E-state index is 12.9. The Balaban J connectivity index is 1.40. The highest BCUT2D eigenvalue weighted by atomic mass is 32.2. The first-order valence-electron chi connectivity index (χ1n) is 11.3. The predicted molar refractivity (Wildman–Crippen MR) is 148 cm³/mol. The topological polar surface area (TPSA) is 71.1 Å². The second-order valence-electron chi connectivity index (χ2n) is 8.42. The molecule has 5 nitrogen and oxygen atoms in total. The summed E-state index contributed by atoms with van der Waals surface area (Å²) >= 11 is 2.95. The summed E-state index contributed by atoms with van der Waals surface area (Å²) in [6.07, 6.45) is 3.30. The molecule has 35 heavy (non-hydrogen) atoms. The molecule has 1 aromatic heterocycles. The predicted octanol–water partition coefficient (Wildman–Crippen LogP) is 6.99. The highest BCUT2D eigenvalue weighted by Crippen LogP contribution is 2.34. The molecule has 4 aromatic rings. The molecule has 1 heterocycles. The van der Waals surface area contributed by atoms with E-state index in [4.69, 9.17) is 0 Å². The molecule has 4 rings (SSSR count). The standard InChI is InChI=1S/C28H27N3O2S2/c1-17-14-18(2)26(19(3)15-17)31-27(33)20(4)34-28-30-23-12-11-22(16-24(23)35-28)29-25(32)13-10-21-8-6-5-7-9-21/h5-16,20H,1-4H3,(H,29,32)(H,31,33). The van der Waals surface area contributed by atoms with E-state index in [2.05, 4.69) is 34.7 Å². The highest BCUT2D eigenvalue weighted by molar-refractivity contribution is 8.02. The first-order chi connectivity index (χ1) is 16.8. The van der Waals surface area contributed by atoms with Crippen LogP contribution in [0.2, 0.25) is 0 Å². The molecule has 0 bridgehead atoms. The molecule has 1 unspecified atom stereocenters. The fourth-order valence-electron chi connectivity index (χ4n) is 3.76. The quantitative estimate of drug-likeness (QED) is 0.211. The molecular weight excluding hydrogens is 474 g/mol. The van der Waals surface area contributed by atoms with Gasteiger partial charge in [0.1, 0.15) is 0 Å². The summed E-state index contributed by atoms with van der Waals surface area (Å²) in [6, 6.07) is 19.5. The number of carbonyl (C=O) groups excluding carboxylic acids is 2. The second-order valence-corrected chi connectivity index (χ2v) is 11.0. The van der Waals surface area contributed by atoms with Gasteiger partial charge in [0.05, 0.1) is 15.5 Å². The van der Waals surface area contributed by atoms with Crippen molar-refractivity contribution in [2.45, 2.75) is 37.3 Å². The number of rotatable bonds is 7. The Morgan fingerprint density at radius 1 is 0.971 bits per heavy atom. The van der Waals surface area contributed by atoms with Crippen LogP contribution in [-0.4, -0.2) is 22.0 Å². The number of hydrogen-bond donors (Lipinski definition) is 2. The van der Waals surface area contributed by atoms with Crippen molar-refractivity contribution in [2.24, 2.45) is 0 Å². The van der Waals surface area contributed by atoms with Gasteiger partial charge in [0.2, 0.25) is 11.8 Å². The second kappa shape index (κ2) is 10.9. The number of aryl methyl sites for hydroxylation is 3. The summed E-state index contributed by atoms with van der Waals surface area (Å²) < 4.78 is 1.77. The van der Waals surface area contributed by atoms with Gasteiger partial charge in [0.25, 0.3) is 0 Å². The van der Waals surface area contributed by atoms with Gasteiger partial charge < -0.3 is 10.6 Å². The van der Waals surface area contributed by atoms with Crippen LogP contribution in [-0.2, 0) is 9.59 Å². The molecule has 2 N–H and O–H groups in total. The number of thioether (sulfide) groups is 1. The Morgan fingerprint density at radius 3 is 2.40 bits per heavy atom. The zero-order valence-electron chi connectivity index (χ0n) is 20.1. The highest BCUT2D eigenvalue weighted by Gasteiger charge is 2.19. The Labute approximate surface area is 213 Å². The maximum absolute atomic E-state index is 12.9. The minimum Gasteiger partial charge on any atom is -0.325 e. The first-order valence-corrected chi connectivity index (χ1v) is 13.0. The zero-order chi connectivity index (χ0) is 24.9. The number of thiazole rings is 1. The maximum Gasteiger partial charge on any atom is 0.248 e. The lowest BCUT2D eigenvalue weighted by Gasteiger charge is -2.15. The van der Waals surface area contributed by atoms with Gasteiger partial charge in [-0.15, -0.1) is 11.3 Å². The lowest BCUT2D eigenvalue weighted by Crippen LogP contribution is -2.23. The average molecular weight is 502 g/mol. The number of carbonyl (C=O) groups is 2. The summed E-state index contributed by atoms with van der Waals surface area (Å²) in [6.45, 7) is 7.95. The van der Waals surface area contributed by atoms with E-state index in [9.17, 15) is 9.59 Å². The van der Waals surface area contributed by atoms with Crippen LogP contribution in [0, 0.1) is 20.8 Å². The Kier molecular flexibility index (Phi) is 7.68. The largest absolute Gasteiger partial charge is 0.325 e. The fraction of sp³-hybridized carbons (Fsp3) is 0.179. The summed E-state index contributed by atoms with van der Waals surface area (Å²) in [5.41, 5.74) is 6.68. The van der Waals surface area contributed by atoms with Gasteiger partial charge in [-0.2, -0.15) is 0 Å². The summed E-state index contributed by atoms with van der Waals surface area (Å²) in [4.78, 5) is 29.8. The Morgan fingerprint density at radius 2 is 1.69 bits per heavy atom. The summed E-state index contributed by atoms with van der Waals surface area (Å²) in [5.74, 6) is -0.248. The van der Waals surface area contributed by atoms with E-state index in [0.717, 1.165) is 36.9 Å². The third kappa shape index (κ3) is 6.38. The molecule has 178 valence electrons. The molecule has 0 aliphatic heterocycles. The van der Waals surface area contributed by atoms with Crippen LogP contribution in [0.5, 0.6) is 0 Å². The van der Waals surface area contributed by atoms with Crippen molar-refractivity contribution in [3.8, 4) is 0 Å². The van der Waals surface area contributed by atoms with Crippen molar-refractivity contribution in [3.63, 3.8) is 0 Å². The molecule has 0 spiro atoms. The number of benzene rings is 3. The van der Waals surface area contributed by atoms with E-state index >= 15 is 0 Å². The normalized spacial score (nSPS) is 12.1. The zero-order valence-corrected chi connectivity index (χ0v) is 21.7. The minimum atomic E-state index is -0.307. The fourth-order valence-corrected chi connectivity index (χ4v) is 6.01. The van der Waals surface area contributed by atoms with Crippen LogP contribution in [0.4, 0.5) is 11.4 Å². The molecule has 0 aliphatic carbocycles. The average Bonchev–Trinajstić information content (AvgIpc) is 3.22. The number of hydrogen-bond acceptors (Lipinski definition) is 5. The van der Waals surface area contributed by atoms with Gasteiger partial charge in [-0.1, -0.05) is 59.8 Å². The smallest absolute Gasteiger partial charge is 0.248 e. The minimum absolute atomic E-state index is 0.0533. The van der Waals surface area contributed by atoms with E-state index in [-0.39, 0.29) is 17.1 Å². The van der Waals surface area contributed by atoms with Crippen LogP contribution in [0.3, 0.4) is 0 Å². The van der Waals surface area contributed by atoms with Crippen molar-refractivity contribution >= 4 is 62.6 Å². The third-order valence-corrected chi connectivity index (χ3v) is 7.65. The molecule has 0 radical (unpaired) electrons. The summed E-state index contributed by atoms with van der Waals surface area (Å²) in [7, 11) is 0. The number of aromatic nitrogens is 1. The van der Waals surface area contributed by atoms with Gasteiger partial charge >= 0.3 is 0 Å². The monoisotopic (exact) mass is 501 g/mol. The van der Waals surface area contributed by atoms with Gasteiger partial charge in [0, 0.05) is 17.5 Å². The number of nitrogens with one attached hydrogen (secondary N) is 2. The van der Waals surface area contributed by atoms with Gasteiger partial charge in [-0.05, 0) is 68.7 Å².